The summed E-state index contributed by atoms with van der Waals surface area (Å²) in [6, 6.07) is 17.5. The molecule has 1 spiro atoms. The monoisotopic (exact) mass is 671 g/mol. The highest BCUT2D eigenvalue weighted by molar-refractivity contribution is 5.98. The van der Waals surface area contributed by atoms with Gasteiger partial charge in [0.05, 0.1) is 24.0 Å². The summed E-state index contributed by atoms with van der Waals surface area (Å²) in [5.41, 5.74) is 0.473. The second-order valence-electron chi connectivity index (χ2n) is 13.4. The van der Waals surface area contributed by atoms with E-state index in [0.29, 0.717) is 38.6 Å². The lowest BCUT2D eigenvalue weighted by molar-refractivity contribution is -0.164. The predicted octanol–water partition coefficient (Wildman–Crippen LogP) is 4.45. The van der Waals surface area contributed by atoms with Crippen LogP contribution < -0.4 is 0 Å². The van der Waals surface area contributed by atoms with E-state index in [2.05, 4.69) is 13.2 Å². The van der Waals surface area contributed by atoms with Crippen molar-refractivity contribution in [2.75, 3.05) is 26.7 Å². The highest BCUT2D eigenvalue weighted by Crippen LogP contribution is 2.59. The first-order valence-corrected chi connectivity index (χ1v) is 17.3. The molecule has 262 valence electrons. The standard InChI is InChI=1S/C39H49N3O7/c1-5-7-20-31(44)40(4)27(3)34(29-18-12-9-13-19-29)48-38(47)32-30-21-22-39(49-30)33(32)36(45)42(24-14-15-25-43)35(39)37(46)41(23-6-2)26-28-16-10-8-11-17-28/h5-6,8-13,16-19,27,30,32-35,43H,1-2,7,14-15,20-26H2,3-4H3/t27-,30-,32+,33+,34+,35-,39+/m1/s1. The summed E-state index contributed by atoms with van der Waals surface area (Å²) in [6.45, 7) is 10.2. The Kier molecular flexibility index (Phi) is 11.7. The summed E-state index contributed by atoms with van der Waals surface area (Å²) in [7, 11) is 1.70. The molecule has 49 heavy (non-hydrogen) atoms. The molecule has 0 saturated carbocycles. The minimum atomic E-state index is -1.19. The summed E-state index contributed by atoms with van der Waals surface area (Å²) in [6.07, 6.45) is 4.70. The van der Waals surface area contributed by atoms with E-state index in [-0.39, 0.29) is 43.8 Å². The third-order valence-electron chi connectivity index (χ3n) is 10.4. The van der Waals surface area contributed by atoms with Crippen LogP contribution in [0.1, 0.15) is 62.7 Å². The average Bonchev–Trinajstić information content (AvgIpc) is 3.76. The largest absolute Gasteiger partial charge is 0.455 e. The number of hydrogen-bond acceptors (Lipinski definition) is 7. The number of fused-ring (bicyclic) bond motifs is 1. The number of likely N-dealkylation sites (tertiary alicyclic amines) is 1. The zero-order valence-electron chi connectivity index (χ0n) is 28.6. The van der Waals surface area contributed by atoms with Crippen LogP contribution >= 0.6 is 0 Å². The number of esters is 1. The van der Waals surface area contributed by atoms with Gasteiger partial charge in [0.1, 0.15) is 17.7 Å². The van der Waals surface area contributed by atoms with Crippen LogP contribution in [-0.2, 0) is 35.2 Å². The van der Waals surface area contributed by atoms with Crippen LogP contribution in [-0.4, -0.2) is 94.0 Å². The predicted molar refractivity (Wildman–Crippen MR) is 185 cm³/mol. The minimum Gasteiger partial charge on any atom is -0.455 e. The van der Waals surface area contributed by atoms with Gasteiger partial charge in [-0.15, -0.1) is 13.2 Å². The summed E-state index contributed by atoms with van der Waals surface area (Å²) < 4.78 is 13.0. The number of aliphatic hydroxyl groups excluding tert-OH is 1. The van der Waals surface area contributed by atoms with Crippen LogP contribution in [0, 0.1) is 11.8 Å². The molecule has 3 aliphatic heterocycles. The van der Waals surface area contributed by atoms with Gasteiger partial charge in [0.25, 0.3) is 0 Å². The number of hydrogen-bond donors (Lipinski definition) is 1. The van der Waals surface area contributed by atoms with Crippen molar-refractivity contribution in [2.24, 2.45) is 11.8 Å². The fraction of sp³-hybridized carbons (Fsp3) is 0.487. The van der Waals surface area contributed by atoms with Crippen molar-refractivity contribution in [3.8, 4) is 0 Å². The van der Waals surface area contributed by atoms with E-state index in [1.807, 2.05) is 67.6 Å². The molecule has 3 fully saturated rings. The Labute approximate surface area is 289 Å². The number of ether oxygens (including phenoxy) is 2. The number of aliphatic hydroxyl groups is 1. The van der Waals surface area contributed by atoms with Crippen LogP contribution in [0.4, 0.5) is 0 Å². The summed E-state index contributed by atoms with van der Waals surface area (Å²) >= 11 is 0. The van der Waals surface area contributed by atoms with Gasteiger partial charge in [-0.05, 0) is 50.2 Å². The van der Waals surface area contributed by atoms with Gasteiger partial charge in [0.15, 0.2) is 0 Å². The number of likely N-dealkylation sites (N-methyl/N-ethyl adjacent to an activating group) is 1. The number of carbonyl (C=O) groups is 4. The fourth-order valence-corrected chi connectivity index (χ4v) is 7.82. The van der Waals surface area contributed by atoms with Crippen molar-refractivity contribution < 1.29 is 33.8 Å². The maximum Gasteiger partial charge on any atom is 0.313 e. The SMILES string of the molecule is C=CCCC(=O)N(C)[C@H](C)[C@H](OC(=O)[C@@H]1[C@H]2C(=O)N(CCCCO)[C@H](C(=O)N(CC=C)Cc3ccccc3)[C@]23CC[C@H]1O3)c1ccccc1. The lowest BCUT2D eigenvalue weighted by Gasteiger charge is -2.37. The molecule has 5 rings (SSSR count). The lowest BCUT2D eigenvalue weighted by Crippen LogP contribution is -2.56. The van der Waals surface area contributed by atoms with Gasteiger partial charge >= 0.3 is 5.97 Å². The maximum absolute atomic E-state index is 14.6. The number of amides is 3. The molecule has 3 saturated heterocycles. The third kappa shape index (κ3) is 7.21. The van der Waals surface area contributed by atoms with Gasteiger partial charge in [-0.25, -0.2) is 0 Å². The molecule has 2 aromatic rings. The van der Waals surface area contributed by atoms with Crippen molar-refractivity contribution in [3.63, 3.8) is 0 Å². The normalized spacial score (nSPS) is 25.0. The number of benzene rings is 2. The second kappa shape index (κ2) is 16.0. The van der Waals surface area contributed by atoms with Gasteiger partial charge in [0, 0.05) is 39.7 Å². The smallest absolute Gasteiger partial charge is 0.313 e. The van der Waals surface area contributed by atoms with E-state index >= 15 is 0 Å². The third-order valence-corrected chi connectivity index (χ3v) is 10.4. The molecule has 3 heterocycles. The lowest BCUT2D eigenvalue weighted by atomic mass is 9.70. The first-order valence-electron chi connectivity index (χ1n) is 17.3. The summed E-state index contributed by atoms with van der Waals surface area (Å²) in [5, 5.41) is 9.52. The van der Waals surface area contributed by atoms with Crippen molar-refractivity contribution in [2.45, 2.75) is 81.9 Å². The molecule has 3 aliphatic rings. The Morgan fingerprint density at radius 3 is 2.43 bits per heavy atom. The average molecular weight is 672 g/mol. The molecule has 0 unspecified atom stereocenters. The molecular formula is C39H49N3O7. The molecule has 7 atom stereocenters. The highest BCUT2D eigenvalue weighted by atomic mass is 16.6. The Morgan fingerprint density at radius 2 is 1.78 bits per heavy atom. The topological polar surface area (TPSA) is 117 Å². The number of rotatable bonds is 17. The van der Waals surface area contributed by atoms with E-state index in [1.165, 1.54) is 0 Å². The van der Waals surface area contributed by atoms with Gasteiger partial charge < -0.3 is 29.3 Å². The van der Waals surface area contributed by atoms with Crippen molar-refractivity contribution in [1.82, 2.24) is 14.7 Å². The van der Waals surface area contributed by atoms with Crippen LogP contribution in [0.3, 0.4) is 0 Å². The molecule has 1 N–H and O–H groups in total. The molecule has 0 aliphatic carbocycles. The Morgan fingerprint density at radius 1 is 1.08 bits per heavy atom. The molecule has 10 heteroatoms. The maximum atomic E-state index is 14.6. The number of allylic oxidation sites excluding steroid dienone is 1. The van der Waals surface area contributed by atoms with Gasteiger partial charge in [0.2, 0.25) is 17.7 Å². The Bertz CT molecular complexity index is 1500. The molecule has 10 nitrogen and oxygen atoms in total. The number of carbonyl (C=O) groups excluding carboxylic acids is 4. The molecule has 2 bridgehead atoms. The molecular weight excluding hydrogens is 622 g/mol. The quantitative estimate of drug-likeness (QED) is 0.150. The zero-order valence-corrected chi connectivity index (χ0v) is 28.6. The Balaban J connectivity index is 1.46. The summed E-state index contributed by atoms with van der Waals surface area (Å²) in [5.74, 6) is -3.05. The minimum absolute atomic E-state index is 0.0388. The number of unbranched alkanes of at least 4 members (excludes halogenated alkanes) is 1. The second-order valence-corrected chi connectivity index (χ2v) is 13.4. The molecule has 3 amide bonds. The summed E-state index contributed by atoms with van der Waals surface area (Å²) in [4.78, 5) is 61.2. The van der Waals surface area contributed by atoms with E-state index in [1.54, 1.807) is 33.9 Å². The van der Waals surface area contributed by atoms with Crippen LogP contribution in [0.15, 0.2) is 86.0 Å². The van der Waals surface area contributed by atoms with Crippen LogP contribution in [0.2, 0.25) is 0 Å². The Hall–Kier alpha value is -4.28. The van der Waals surface area contributed by atoms with Crippen molar-refractivity contribution >= 4 is 23.7 Å². The van der Waals surface area contributed by atoms with Crippen molar-refractivity contribution in [3.05, 3.63) is 97.1 Å². The highest BCUT2D eigenvalue weighted by Gasteiger charge is 2.75. The van der Waals surface area contributed by atoms with E-state index in [4.69, 9.17) is 9.47 Å². The first-order chi connectivity index (χ1) is 23.7. The van der Waals surface area contributed by atoms with Gasteiger partial charge in [-0.3, -0.25) is 19.2 Å². The van der Waals surface area contributed by atoms with E-state index < -0.39 is 47.7 Å². The molecule has 2 aromatic carbocycles. The van der Waals surface area contributed by atoms with Gasteiger partial charge in [-0.2, -0.15) is 0 Å². The number of nitrogens with zero attached hydrogens (tertiary/aromatic N) is 3. The van der Waals surface area contributed by atoms with E-state index in [0.717, 1.165) is 11.1 Å². The van der Waals surface area contributed by atoms with Crippen molar-refractivity contribution in [1.29, 1.82) is 0 Å². The van der Waals surface area contributed by atoms with Crippen LogP contribution in [0.25, 0.3) is 0 Å². The molecule has 0 aromatic heterocycles. The zero-order chi connectivity index (χ0) is 35.1. The molecule has 0 radical (unpaired) electrons. The van der Waals surface area contributed by atoms with Crippen LogP contribution in [0.5, 0.6) is 0 Å². The fourth-order valence-electron chi connectivity index (χ4n) is 7.82. The van der Waals surface area contributed by atoms with E-state index in [9.17, 15) is 24.3 Å². The van der Waals surface area contributed by atoms with Gasteiger partial charge in [-0.1, -0.05) is 72.8 Å². The first kappa shape index (κ1) is 36.0.